The van der Waals surface area contributed by atoms with Gasteiger partial charge in [0, 0.05) is 16.7 Å². The molecule has 1 saturated carbocycles. The van der Waals surface area contributed by atoms with Crippen molar-refractivity contribution >= 4 is 0 Å². The first-order valence-electron chi connectivity index (χ1n) is 9.61. The average Bonchev–Trinajstić information content (AvgIpc) is 3.36. The van der Waals surface area contributed by atoms with Gasteiger partial charge < -0.3 is 4.74 Å². The van der Waals surface area contributed by atoms with Crippen molar-refractivity contribution in [3.05, 3.63) is 89.0 Å². The lowest BCUT2D eigenvalue weighted by molar-refractivity contribution is -0.177. The first kappa shape index (κ1) is 20.4. The van der Waals surface area contributed by atoms with E-state index in [1.807, 2.05) is 46.8 Å². The van der Waals surface area contributed by atoms with Crippen molar-refractivity contribution in [1.29, 1.82) is 0 Å². The highest BCUT2D eigenvalue weighted by molar-refractivity contribution is 5.43. The lowest BCUT2D eigenvalue weighted by Crippen LogP contribution is -2.25. The van der Waals surface area contributed by atoms with Gasteiger partial charge >= 0.3 is 6.11 Å². The van der Waals surface area contributed by atoms with Crippen LogP contribution < -0.4 is 0 Å². The molecule has 0 aromatic heterocycles. The van der Waals surface area contributed by atoms with E-state index in [2.05, 4.69) is 12.3 Å². The van der Waals surface area contributed by atoms with Gasteiger partial charge in [-0.05, 0) is 44.1 Å². The monoisotopic (exact) mass is 382 g/mol. The fourth-order valence-electron chi connectivity index (χ4n) is 4.09. The molecule has 3 heteroatoms. The molecule has 148 valence electrons. The quantitative estimate of drug-likeness (QED) is 0.467. The summed E-state index contributed by atoms with van der Waals surface area (Å²) in [4.78, 5) is 0. The van der Waals surface area contributed by atoms with Gasteiger partial charge in [0.2, 0.25) is 0 Å². The van der Waals surface area contributed by atoms with Crippen molar-refractivity contribution in [2.75, 3.05) is 0 Å². The molecule has 2 atom stereocenters. The van der Waals surface area contributed by atoms with Crippen LogP contribution in [0.1, 0.15) is 41.0 Å². The second-order valence-electron chi connectivity index (χ2n) is 8.85. The summed E-state index contributed by atoms with van der Waals surface area (Å²) in [5, 5.41) is 0. The zero-order valence-corrected chi connectivity index (χ0v) is 17.3. The van der Waals surface area contributed by atoms with Crippen molar-refractivity contribution in [1.82, 2.24) is 0 Å². The summed E-state index contributed by atoms with van der Waals surface area (Å²) >= 11 is 0. The van der Waals surface area contributed by atoms with E-state index in [4.69, 9.17) is 4.74 Å². The summed E-state index contributed by atoms with van der Waals surface area (Å²) in [6, 6.07) is 0. The Bertz CT molecular complexity index is 914. The predicted molar refractivity (Wildman–Crippen MR) is 111 cm³/mol. The van der Waals surface area contributed by atoms with Crippen LogP contribution in [0.25, 0.3) is 0 Å². The van der Waals surface area contributed by atoms with Crippen LogP contribution in [-0.4, -0.2) is 6.11 Å². The number of hydrogen-bond acceptors (Lipinski definition) is 1. The van der Waals surface area contributed by atoms with E-state index in [0.29, 0.717) is 0 Å². The molecule has 0 spiro atoms. The molecule has 0 amide bonds. The number of alkyl halides is 2. The third-order valence-electron chi connectivity index (χ3n) is 5.40. The molecule has 2 unspecified atom stereocenters. The fraction of sp³-hybridized carbons (Fsp3) is 0.400. The normalized spacial score (nSPS) is 29.0. The van der Waals surface area contributed by atoms with E-state index in [1.165, 1.54) is 6.08 Å². The zero-order chi connectivity index (χ0) is 20.7. The Labute approximate surface area is 166 Å². The van der Waals surface area contributed by atoms with Crippen molar-refractivity contribution < 1.29 is 13.5 Å². The first-order valence-corrected chi connectivity index (χ1v) is 9.61. The van der Waals surface area contributed by atoms with Gasteiger partial charge in [-0.2, -0.15) is 8.78 Å². The molecule has 0 saturated heterocycles. The third kappa shape index (κ3) is 4.36. The molecule has 28 heavy (non-hydrogen) atoms. The highest BCUT2D eigenvalue weighted by Crippen LogP contribution is 2.54. The van der Waals surface area contributed by atoms with Gasteiger partial charge in [0.25, 0.3) is 0 Å². The summed E-state index contributed by atoms with van der Waals surface area (Å²) in [7, 11) is 0. The lowest BCUT2D eigenvalue weighted by Gasteiger charge is -2.26. The molecule has 3 aliphatic rings. The number of hydrogen-bond donors (Lipinski definition) is 0. The second-order valence-corrected chi connectivity index (χ2v) is 8.85. The number of halogens is 2. The van der Waals surface area contributed by atoms with Crippen LogP contribution in [0.2, 0.25) is 0 Å². The minimum absolute atomic E-state index is 0.126. The minimum Gasteiger partial charge on any atom is -0.429 e. The average molecular weight is 382 g/mol. The Hall–Kier alpha value is -2.38. The van der Waals surface area contributed by atoms with Gasteiger partial charge in [0.15, 0.2) is 0 Å². The maximum absolute atomic E-state index is 15.2. The maximum Gasteiger partial charge on any atom is 0.426 e. The van der Waals surface area contributed by atoms with Crippen molar-refractivity contribution in [3.8, 4) is 0 Å². The molecule has 0 aliphatic heterocycles. The SMILES string of the molecule is C=C=C1CC1C1(C)C=C(C)C=CC(C(F)(F)OC2=CC(C)(C)C=C(C)C=C2)=C1. The van der Waals surface area contributed by atoms with Gasteiger partial charge in [-0.15, -0.1) is 5.73 Å². The van der Waals surface area contributed by atoms with Gasteiger partial charge in [-0.25, -0.2) is 0 Å². The smallest absolute Gasteiger partial charge is 0.426 e. The number of rotatable bonds is 4. The van der Waals surface area contributed by atoms with E-state index < -0.39 is 11.5 Å². The zero-order valence-electron chi connectivity index (χ0n) is 17.3. The van der Waals surface area contributed by atoms with E-state index >= 15 is 8.78 Å². The van der Waals surface area contributed by atoms with Crippen molar-refractivity contribution in [2.24, 2.45) is 16.7 Å². The molecule has 0 bridgehead atoms. The van der Waals surface area contributed by atoms with Crippen LogP contribution in [0.3, 0.4) is 0 Å². The molecule has 3 aliphatic carbocycles. The molecule has 0 heterocycles. The van der Waals surface area contributed by atoms with E-state index in [-0.39, 0.29) is 22.7 Å². The van der Waals surface area contributed by atoms with E-state index in [1.54, 1.807) is 30.4 Å². The summed E-state index contributed by atoms with van der Waals surface area (Å²) < 4.78 is 35.6. The van der Waals surface area contributed by atoms with Gasteiger partial charge in [-0.1, -0.05) is 68.9 Å². The Kier molecular flexibility index (Phi) is 5.02. The Morgan fingerprint density at radius 1 is 1.00 bits per heavy atom. The summed E-state index contributed by atoms with van der Waals surface area (Å²) in [5.74, 6) is 0.333. The largest absolute Gasteiger partial charge is 0.429 e. The molecule has 1 nitrogen and oxygen atoms in total. The summed E-state index contributed by atoms with van der Waals surface area (Å²) in [5.41, 5.74) is 4.99. The van der Waals surface area contributed by atoms with Crippen molar-refractivity contribution in [2.45, 2.75) is 47.1 Å². The summed E-state index contributed by atoms with van der Waals surface area (Å²) in [6.45, 7) is 13.5. The Morgan fingerprint density at radius 3 is 2.29 bits per heavy atom. The van der Waals surface area contributed by atoms with Gasteiger partial charge in [-0.3, -0.25) is 0 Å². The Morgan fingerprint density at radius 2 is 1.64 bits per heavy atom. The molecule has 0 aromatic carbocycles. The van der Waals surface area contributed by atoms with Crippen molar-refractivity contribution in [3.63, 3.8) is 0 Å². The van der Waals surface area contributed by atoms with Gasteiger partial charge in [0.1, 0.15) is 5.76 Å². The van der Waals surface area contributed by atoms with E-state index in [0.717, 1.165) is 23.1 Å². The number of allylic oxidation sites excluding steroid dienone is 10. The Balaban J connectivity index is 1.93. The highest BCUT2D eigenvalue weighted by atomic mass is 19.3. The van der Waals surface area contributed by atoms with Crippen LogP contribution in [0.5, 0.6) is 0 Å². The topological polar surface area (TPSA) is 9.23 Å². The molecule has 0 radical (unpaired) electrons. The van der Waals surface area contributed by atoms with Crippen LogP contribution in [0.4, 0.5) is 8.78 Å². The number of ether oxygens (including phenoxy) is 1. The molecule has 0 N–H and O–H groups in total. The molecule has 1 fully saturated rings. The van der Waals surface area contributed by atoms with Crippen LogP contribution in [0, 0.1) is 16.7 Å². The predicted octanol–water partition coefficient (Wildman–Crippen LogP) is 7.20. The molecule has 3 rings (SSSR count). The molecular formula is C25H28F2O. The minimum atomic E-state index is -3.44. The third-order valence-corrected chi connectivity index (χ3v) is 5.40. The van der Waals surface area contributed by atoms with Crippen LogP contribution in [-0.2, 0) is 4.74 Å². The van der Waals surface area contributed by atoms with Gasteiger partial charge in [0.05, 0.1) is 5.57 Å². The maximum atomic E-state index is 15.2. The van der Waals surface area contributed by atoms with Crippen LogP contribution >= 0.6 is 0 Å². The molecular weight excluding hydrogens is 354 g/mol. The highest BCUT2D eigenvalue weighted by Gasteiger charge is 2.46. The first-order chi connectivity index (χ1) is 12.9. The second kappa shape index (κ2) is 6.90. The standard InChI is InChI=1S/C25H28F2O/c1-7-19-12-22(19)24(6)14-18(3)8-10-20(15-24)25(26,27)28-21-11-9-17(2)13-23(4,5)16-21/h8-11,13-16,22H,1,12H2,2-6H3. The molecule has 0 aromatic rings. The van der Waals surface area contributed by atoms with Crippen LogP contribution in [0.15, 0.2) is 89.0 Å². The lowest BCUT2D eigenvalue weighted by atomic mass is 9.81. The van der Waals surface area contributed by atoms with E-state index in [9.17, 15) is 0 Å². The fourth-order valence-corrected chi connectivity index (χ4v) is 4.09. The summed E-state index contributed by atoms with van der Waals surface area (Å²) in [6.07, 6.45) is 11.5.